The standard InChI is InChI=1S/C26H27ClN2O4/c1-4-16(3)26(25(32)33)22-21(20(28-26)13-11-17-8-6-5-7-9-17)23(30)29(24(22)31)18-12-10-15(2)19(27)14-18/h5-14,16,20-22,28H,4H2,1-3H3,(H,32,33)/b13-11+. The third-order valence-corrected chi connectivity index (χ3v) is 7.49. The van der Waals surface area contributed by atoms with Crippen molar-refractivity contribution in [1.82, 2.24) is 5.32 Å². The van der Waals surface area contributed by atoms with E-state index in [0.717, 1.165) is 16.0 Å². The van der Waals surface area contributed by atoms with Crippen LogP contribution in [0.2, 0.25) is 5.02 Å². The Morgan fingerprint density at radius 1 is 1.21 bits per heavy atom. The second kappa shape index (κ2) is 8.76. The summed E-state index contributed by atoms with van der Waals surface area (Å²) in [5.41, 5.74) is 0.557. The van der Waals surface area contributed by atoms with E-state index in [4.69, 9.17) is 11.6 Å². The lowest BCUT2D eigenvalue weighted by Crippen LogP contribution is -2.60. The van der Waals surface area contributed by atoms with Crippen molar-refractivity contribution in [3.8, 4) is 0 Å². The van der Waals surface area contributed by atoms with Gasteiger partial charge in [-0.3, -0.25) is 19.7 Å². The molecule has 0 bridgehead atoms. The molecule has 2 heterocycles. The van der Waals surface area contributed by atoms with Crippen LogP contribution >= 0.6 is 11.6 Å². The van der Waals surface area contributed by atoms with Gasteiger partial charge < -0.3 is 5.11 Å². The van der Waals surface area contributed by atoms with Crippen LogP contribution in [0, 0.1) is 24.7 Å². The molecule has 2 fully saturated rings. The van der Waals surface area contributed by atoms with Gasteiger partial charge in [-0.15, -0.1) is 0 Å². The normalized spacial score (nSPS) is 27.9. The van der Waals surface area contributed by atoms with Crippen LogP contribution in [0.15, 0.2) is 54.6 Å². The van der Waals surface area contributed by atoms with Gasteiger partial charge in [0.05, 0.1) is 17.5 Å². The summed E-state index contributed by atoms with van der Waals surface area (Å²) in [5, 5.41) is 14.0. The summed E-state index contributed by atoms with van der Waals surface area (Å²) in [5.74, 6) is -4.27. The van der Waals surface area contributed by atoms with E-state index in [1.165, 1.54) is 0 Å². The second-order valence-corrected chi connectivity index (χ2v) is 9.28. The van der Waals surface area contributed by atoms with E-state index in [1.54, 1.807) is 24.3 Å². The molecule has 4 rings (SSSR count). The number of carboxylic acid groups (broad SMARTS) is 1. The minimum absolute atomic E-state index is 0.365. The molecule has 0 aromatic heterocycles. The van der Waals surface area contributed by atoms with E-state index in [2.05, 4.69) is 5.32 Å². The molecule has 0 aliphatic carbocycles. The molecule has 5 atom stereocenters. The first kappa shape index (κ1) is 23.2. The van der Waals surface area contributed by atoms with Crippen molar-refractivity contribution in [2.24, 2.45) is 17.8 Å². The first-order valence-corrected chi connectivity index (χ1v) is 11.5. The molecule has 172 valence electrons. The molecular weight excluding hydrogens is 440 g/mol. The Labute approximate surface area is 198 Å². The minimum atomic E-state index is -1.55. The number of carbonyl (C=O) groups excluding carboxylic acids is 2. The number of carboxylic acids is 1. The van der Waals surface area contributed by atoms with E-state index in [-0.39, 0.29) is 5.92 Å². The van der Waals surface area contributed by atoms with E-state index in [0.29, 0.717) is 17.1 Å². The predicted octanol–water partition coefficient (Wildman–Crippen LogP) is 4.31. The van der Waals surface area contributed by atoms with Crippen molar-refractivity contribution in [3.63, 3.8) is 0 Å². The highest BCUT2D eigenvalue weighted by Crippen LogP contribution is 2.48. The number of hydrogen-bond donors (Lipinski definition) is 2. The molecule has 2 aromatic rings. The lowest BCUT2D eigenvalue weighted by atomic mass is 9.72. The van der Waals surface area contributed by atoms with Gasteiger partial charge in [0.15, 0.2) is 0 Å². The smallest absolute Gasteiger partial charge is 0.325 e. The molecule has 5 unspecified atom stereocenters. The van der Waals surface area contributed by atoms with E-state index in [1.807, 2.05) is 57.2 Å². The summed E-state index contributed by atoms with van der Waals surface area (Å²) in [6, 6.07) is 13.9. The average molecular weight is 467 g/mol. The lowest BCUT2D eigenvalue weighted by molar-refractivity contribution is -0.151. The summed E-state index contributed by atoms with van der Waals surface area (Å²) in [7, 11) is 0. The summed E-state index contributed by atoms with van der Waals surface area (Å²) in [6.45, 7) is 5.53. The molecule has 0 spiro atoms. The van der Waals surface area contributed by atoms with E-state index < -0.39 is 41.2 Å². The Morgan fingerprint density at radius 3 is 2.52 bits per heavy atom. The van der Waals surface area contributed by atoms with Crippen molar-refractivity contribution in [2.45, 2.75) is 38.8 Å². The van der Waals surface area contributed by atoms with Gasteiger partial charge in [-0.2, -0.15) is 0 Å². The van der Waals surface area contributed by atoms with Gasteiger partial charge in [-0.05, 0) is 36.1 Å². The molecule has 2 saturated heterocycles. The number of hydrogen-bond acceptors (Lipinski definition) is 4. The quantitative estimate of drug-likeness (QED) is 0.619. The topological polar surface area (TPSA) is 86.7 Å². The highest BCUT2D eigenvalue weighted by molar-refractivity contribution is 6.32. The number of fused-ring (bicyclic) bond motifs is 1. The maximum Gasteiger partial charge on any atom is 0.325 e. The van der Waals surface area contributed by atoms with Crippen LogP contribution in [0.3, 0.4) is 0 Å². The number of carbonyl (C=O) groups is 3. The van der Waals surface area contributed by atoms with Gasteiger partial charge in [-0.25, -0.2) is 4.90 Å². The van der Waals surface area contributed by atoms with E-state index >= 15 is 0 Å². The van der Waals surface area contributed by atoms with Crippen molar-refractivity contribution >= 4 is 41.1 Å². The van der Waals surface area contributed by atoms with Gasteiger partial charge in [-0.1, -0.05) is 80.4 Å². The number of aryl methyl sites for hydroxylation is 1. The van der Waals surface area contributed by atoms with Crippen LogP contribution in [0.4, 0.5) is 5.69 Å². The number of imide groups is 1. The van der Waals surface area contributed by atoms with Gasteiger partial charge >= 0.3 is 5.97 Å². The summed E-state index contributed by atoms with van der Waals surface area (Å²) < 4.78 is 0. The fourth-order valence-corrected chi connectivity index (χ4v) is 5.26. The van der Waals surface area contributed by atoms with E-state index in [9.17, 15) is 19.5 Å². The molecule has 6 nitrogen and oxygen atoms in total. The number of halogens is 1. The molecule has 7 heteroatoms. The molecule has 33 heavy (non-hydrogen) atoms. The molecule has 0 radical (unpaired) electrons. The average Bonchev–Trinajstić information content (AvgIpc) is 3.29. The molecule has 2 aliphatic heterocycles. The fourth-order valence-electron chi connectivity index (χ4n) is 5.09. The van der Waals surface area contributed by atoms with Crippen LogP contribution in [0.1, 0.15) is 31.4 Å². The fraction of sp³-hybridized carbons (Fsp3) is 0.346. The molecule has 0 saturated carbocycles. The number of anilines is 1. The lowest BCUT2D eigenvalue weighted by Gasteiger charge is -2.35. The number of benzene rings is 2. The number of rotatable bonds is 6. The summed E-state index contributed by atoms with van der Waals surface area (Å²) in [6.07, 6.45) is 4.19. The largest absolute Gasteiger partial charge is 0.480 e. The molecule has 2 aliphatic rings. The molecule has 2 N–H and O–H groups in total. The number of nitrogens with one attached hydrogen (secondary N) is 1. The minimum Gasteiger partial charge on any atom is -0.480 e. The van der Waals surface area contributed by atoms with Gasteiger partial charge in [0, 0.05) is 11.1 Å². The Bertz CT molecular complexity index is 1130. The second-order valence-electron chi connectivity index (χ2n) is 8.87. The zero-order chi connectivity index (χ0) is 23.9. The highest BCUT2D eigenvalue weighted by atomic mass is 35.5. The van der Waals surface area contributed by atoms with Crippen molar-refractivity contribution in [3.05, 3.63) is 70.8 Å². The molecular formula is C26H27ClN2O4. The Balaban J connectivity index is 1.81. The third-order valence-electron chi connectivity index (χ3n) is 7.09. The zero-order valence-corrected chi connectivity index (χ0v) is 19.5. The van der Waals surface area contributed by atoms with Gasteiger partial charge in [0.2, 0.25) is 11.8 Å². The molecule has 2 aromatic carbocycles. The van der Waals surface area contributed by atoms with Gasteiger partial charge in [0.1, 0.15) is 5.54 Å². The SMILES string of the molecule is CCC(C)C1(C(=O)O)NC(/C=C/c2ccccc2)C2C(=O)N(c3ccc(C)c(Cl)c3)C(=O)C21. The Kier molecular flexibility index (Phi) is 6.16. The predicted molar refractivity (Wildman–Crippen MR) is 128 cm³/mol. The van der Waals surface area contributed by atoms with Crippen molar-refractivity contribution < 1.29 is 19.5 Å². The third kappa shape index (κ3) is 3.67. The van der Waals surface area contributed by atoms with Crippen LogP contribution in [-0.4, -0.2) is 34.5 Å². The maximum atomic E-state index is 13.7. The Hall–Kier alpha value is -2.96. The Morgan fingerprint density at radius 2 is 1.91 bits per heavy atom. The summed E-state index contributed by atoms with van der Waals surface area (Å²) >= 11 is 6.27. The summed E-state index contributed by atoms with van der Waals surface area (Å²) in [4.78, 5) is 41.1. The first-order chi connectivity index (χ1) is 15.7. The number of aliphatic carboxylic acids is 1. The number of nitrogens with zero attached hydrogens (tertiary/aromatic N) is 1. The van der Waals surface area contributed by atoms with Crippen molar-refractivity contribution in [1.29, 1.82) is 0 Å². The highest BCUT2D eigenvalue weighted by Gasteiger charge is 2.69. The van der Waals surface area contributed by atoms with Crippen molar-refractivity contribution in [2.75, 3.05) is 4.90 Å². The van der Waals surface area contributed by atoms with Crippen LogP contribution in [0.5, 0.6) is 0 Å². The van der Waals surface area contributed by atoms with Gasteiger partial charge in [0.25, 0.3) is 0 Å². The van der Waals surface area contributed by atoms with Crippen LogP contribution < -0.4 is 10.2 Å². The van der Waals surface area contributed by atoms with Crippen LogP contribution in [0.25, 0.3) is 6.08 Å². The zero-order valence-electron chi connectivity index (χ0n) is 18.8. The first-order valence-electron chi connectivity index (χ1n) is 11.1. The molecule has 2 amide bonds. The van der Waals surface area contributed by atoms with Crippen LogP contribution in [-0.2, 0) is 14.4 Å². The maximum absolute atomic E-state index is 13.7. The number of amides is 2. The monoisotopic (exact) mass is 466 g/mol.